The van der Waals surface area contributed by atoms with Gasteiger partial charge in [0, 0.05) is 6.42 Å². The molecule has 21 heavy (non-hydrogen) atoms. The van der Waals surface area contributed by atoms with Gasteiger partial charge >= 0.3 is 5.97 Å². The monoisotopic (exact) mass is 290 g/mol. The quantitative estimate of drug-likeness (QED) is 0.791. The Morgan fingerprint density at radius 1 is 1.48 bits per heavy atom. The van der Waals surface area contributed by atoms with E-state index >= 15 is 0 Å². The van der Waals surface area contributed by atoms with Gasteiger partial charge in [0.15, 0.2) is 5.82 Å². The van der Waals surface area contributed by atoms with Crippen LogP contribution in [0.1, 0.15) is 37.0 Å². The Labute approximate surface area is 121 Å². The lowest BCUT2D eigenvalue weighted by Crippen LogP contribution is -2.23. The summed E-state index contributed by atoms with van der Waals surface area (Å²) in [4.78, 5) is 16.2. The van der Waals surface area contributed by atoms with E-state index in [1.807, 2.05) is 0 Å². The van der Waals surface area contributed by atoms with Gasteiger partial charge in [0.05, 0.1) is 6.61 Å². The predicted molar refractivity (Wildman–Crippen MR) is 71.0 cm³/mol. The van der Waals surface area contributed by atoms with Gasteiger partial charge in [0.25, 0.3) is 0 Å². The van der Waals surface area contributed by atoms with E-state index in [1.54, 1.807) is 19.1 Å². The van der Waals surface area contributed by atoms with Crippen LogP contribution < -0.4 is 0 Å². The summed E-state index contributed by atoms with van der Waals surface area (Å²) < 4.78 is 23.4. The SMILES string of the molecule is CCOC(=O)C1(c2nc(Cc3cccc(F)c3)no2)CC1. The average molecular weight is 290 g/mol. The molecule has 0 N–H and O–H groups in total. The zero-order valence-corrected chi connectivity index (χ0v) is 11.6. The fraction of sp³-hybridized carbons (Fsp3) is 0.400. The standard InChI is InChI=1S/C15H15FN2O3/c1-2-20-14(19)15(6-7-15)13-17-12(18-21-13)9-10-4-3-5-11(16)8-10/h3-5,8H,2,6-7,9H2,1H3. The van der Waals surface area contributed by atoms with Gasteiger partial charge in [-0.1, -0.05) is 17.3 Å². The zero-order valence-electron chi connectivity index (χ0n) is 11.6. The van der Waals surface area contributed by atoms with E-state index in [-0.39, 0.29) is 11.8 Å². The number of hydrogen-bond donors (Lipinski definition) is 0. The highest BCUT2D eigenvalue weighted by atomic mass is 19.1. The number of rotatable bonds is 5. The molecule has 0 spiro atoms. The molecule has 0 amide bonds. The van der Waals surface area contributed by atoms with Gasteiger partial charge in [0.2, 0.25) is 5.89 Å². The molecule has 1 aliphatic rings. The van der Waals surface area contributed by atoms with Crippen molar-refractivity contribution in [3.63, 3.8) is 0 Å². The maximum absolute atomic E-state index is 13.1. The summed E-state index contributed by atoms with van der Waals surface area (Å²) in [6.45, 7) is 2.09. The molecule has 1 saturated carbocycles. The Balaban J connectivity index is 1.76. The van der Waals surface area contributed by atoms with Gasteiger partial charge in [-0.2, -0.15) is 4.98 Å². The van der Waals surface area contributed by atoms with E-state index in [4.69, 9.17) is 9.26 Å². The number of benzene rings is 1. The molecule has 2 aromatic rings. The molecule has 0 radical (unpaired) electrons. The third-order valence-corrected chi connectivity index (χ3v) is 3.54. The largest absolute Gasteiger partial charge is 0.465 e. The summed E-state index contributed by atoms with van der Waals surface area (Å²) in [5, 5.41) is 3.87. The van der Waals surface area contributed by atoms with Crippen molar-refractivity contribution in [3.05, 3.63) is 47.4 Å². The summed E-state index contributed by atoms with van der Waals surface area (Å²) in [5.74, 6) is 0.117. The number of nitrogens with zero attached hydrogens (tertiary/aromatic N) is 2. The molecule has 1 aromatic heterocycles. The first-order valence-electron chi connectivity index (χ1n) is 6.89. The van der Waals surface area contributed by atoms with Crippen LogP contribution in [0.2, 0.25) is 0 Å². The van der Waals surface area contributed by atoms with Crippen LogP contribution in [0.25, 0.3) is 0 Å². The van der Waals surface area contributed by atoms with Crippen molar-refractivity contribution in [2.75, 3.05) is 6.61 Å². The van der Waals surface area contributed by atoms with Crippen LogP contribution in [-0.2, 0) is 21.4 Å². The minimum Gasteiger partial charge on any atom is -0.465 e. The lowest BCUT2D eigenvalue weighted by Gasteiger charge is -2.08. The van der Waals surface area contributed by atoms with Gasteiger partial charge in [-0.3, -0.25) is 4.79 Å². The topological polar surface area (TPSA) is 65.2 Å². The van der Waals surface area contributed by atoms with Crippen molar-refractivity contribution in [3.8, 4) is 0 Å². The molecule has 1 aromatic carbocycles. The highest BCUT2D eigenvalue weighted by Gasteiger charge is 2.57. The summed E-state index contributed by atoms with van der Waals surface area (Å²) in [5.41, 5.74) is -0.00763. The van der Waals surface area contributed by atoms with Crippen LogP contribution >= 0.6 is 0 Å². The number of aromatic nitrogens is 2. The molecule has 110 valence electrons. The summed E-state index contributed by atoms with van der Waals surface area (Å²) >= 11 is 0. The third-order valence-electron chi connectivity index (χ3n) is 3.54. The van der Waals surface area contributed by atoms with Gasteiger partial charge < -0.3 is 9.26 Å². The highest BCUT2D eigenvalue weighted by molar-refractivity contribution is 5.85. The van der Waals surface area contributed by atoms with Crippen LogP contribution in [0.4, 0.5) is 4.39 Å². The highest BCUT2D eigenvalue weighted by Crippen LogP contribution is 2.48. The number of ether oxygens (including phenoxy) is 1. The Morgan fingerprint density at radius 2 is 2.29 bits per heavy atom. The number of carbonyl (C=O) groups is 1. The predicted octanol–water partition coefficient (Wildman–Crippen LogP) is 2.39. The third kappa shape index (κ3) is 2.66. The molecule has 0 unspecified atom stereocenters. The first-order chi connectivity index (χ1) is 10.1. The molecular formula is C15H15FN2O3. The fourth-order valence-corrected chi connectivity index (χ4v) is 2.25. The zero-order chi connectivity index (χ0) is 14.9. The summed E-state index contributed by atoms with van der Waals surface area (Å²) in [6.07, 6.45) is 1.68. The molecule has 6 heteroatoms. The molecular weight excluding hydrogens is 275 g/mol. The molecule has 0 aliphatic heterocycles. The fourth-order valence-electron chi connectivity index (χ4n) is 2.25. The second-order valence-corrected chi connectivity index (χ2v) is 5.13. The normalized spacial score (nSPS) is 15.7. The maximum Gasteiger partial charge on any atom is 0.321 e. The van der Waals surface area contributed by atoms with Crippen LogP contribution in [0.5, 0.6) is 0 Å². The summed E-state index contributed by atoms with van der Waals surface area (Å²) in [7, 11) is 0. The van der Waals surface area contributed by atoms with Crippen LogP contribution in [0.3, 0.4) is 0 Å². The molecule has 1 aliphatic carbocycles. The Morgan fingerprint density at radius 3 is 2.95 bits per heavy atom. The number of carbonyl (C=O) groups excluding carboxylic acids is 1. The van der Waals surface area contributed by atoms with Crippen molar-refractivity contribution in [2.24, 2.45) is 0 Å². The molecule has 1 fully saturated rings. The minimum absolute atomic E-state index is 0.298. The van der Waals surface area contributed by atoms with E-state index < -0.39 is 5.41 Å². The van der Waals surface area contributed by atoms with Crippen molar-refractivity contribution in [2.45, 2.75) is 31.6 Å². The van der Waals surface area contributed by atoms with E-state index in [1.165, 1.54) is 12.1 Å². The van der Waals surface area contributed by atoms with E-state index in [2.05, 4.69) is 10.1 Å². The number of hydrogen-bond acceptors (Lipinski definition) is 5. The molecule has 0 saturated heterocycles. The molecule has 0 bridgehead atoms. The van der Waals surface area contributed by atoms with Gasteiger partial charge in [-0.25, -0.2) is 4.39 Å². The molecule has 1 heterocycles. The Bertz CT molecular complexity index is 664. The van der Waals surface area contributed by atoms with Crippen LogP contribution in [0.15, 0.2) is 28.8 Å². The first-order valence-corrected chi connectivity index (χ1v) is 6.89. The lowest BCUT2D eigenvalue weighted by molar-refractivity contribution is -0.146. The van der Waals surface area contributed by atoms with Crippen molar-refractivity contribution in [1.82, 2.24) is 10.1 Å². The van der Waals surface area contributed by atoms with Gasteiger partial charge in [-0.05, 0) is 37.5 Å². The van der Waals surface area contributed by atoms with Crippen molar-refractivity contribution >= 4 is 5.97 Å². The van der Waals surface area contributed by atoms with E-state index in [0.29, 0.717) is 37.6 Å². The van der Waals surface area contributed by atoms with Crippen LogP contribution in [-0.4, -0.2) is 22.7 Å². The van der Waals surface area contributed by atoms with Crippen LogP contribution in [0, 0.1) is 5.82 Å². The van der Waals surface area contributed by atoms with E-state index in [0.717, 1.165) is 5.56 Å². The average Bonchev–Trinajstić information content (AvgIpc) is 3.14. The molecule has 0 atom stereocenters. The van der Waals surface area contributed by atoms with Crippen molar-refractivity contribution < 1.29 is 18.4 Å². The number of esters is 1. The number of halogens is 1. The van der Waals surface area contributed by atoms with Gasteiger partial charge in [0.1, 0.15) is 11.2 Å². The minimum atomic E-state index is -0.761. The second-order valence-electron chi connectivity index (χ2n) is 5.13. The van der Waals surface area contributed by atoms with E-state index in [9.17, 15) is 9.18 Å². The Hall–Kier alpha value is -2.24. The Kier molecular flexibility index (Phi) is 3.45. The second kappa shape index (κ2) is 5.27. The first kappa shape index (κ1) is 13.7. The maximum atomic E-state index is 13.1. The molecule has 3 rings (SSSR count). The van der Waals surface area contributed by atoms with Gasteiger partial charge in [-0.15, -0.1) is 0 Å². The van der Waals surface area contributed by atoms with Crippen molar-refractivity contribution in [1.29, 1.82) is 0 Å². The molecule has 5 nitrogen and oxygen atoms in total. The lowest BCUT2D eigenvalue weighted by atomic mass is 10.1. The smallest absolute Gasteiger partial charge is 0.321 e. The summed E-state index contributed by atoms with van der Waals surface area (Å²) in [6, 6.07) is 6.23.